The highest BCUT2D eigenvalue weighted by Gasteiger charge is 2.35. The molecule has 0 heterocycles. The van der Waals surface area contributed by atoms with Gasteiger partial charge in [0.25, 0.3) is 0 Å². The Morgan fingerprint density at radius 1 is 1.20 bits per heavy atom. The van der Waals surface area contributed by atoms with Crippen molar-refractivity contribution in [3.63, 3.8) is 0 Å². The van der Waals surface area contributed by atoms with Gasteiger partial charge < -0.3 is 10.5 Å². The van der Waals surface area contributed by atoms with E-state index in [1.165, 1.54) is 12.7 Å². The van der Waals surface area contributed by atoms with Crippen LogP contribution in [0.15, 0.2) is 42.5 Å². The van der Waals surface area contributed by atoms with E-state index in [4.69, 9.17) is 10.5 Å². The largest absolute Gasteiger partial charge is 0.494 e. The third kappa shape index (κ3) is 2.08. The molecule has 2 N–H and O–H groups in total. The fourth-order valence-corrected chi connectivity index (χ4v) is 3.09. The van der Waals surface area contributed by atoms with Gasteiger partial charge in [-0.1, -0.05) is 36.4 Å². The van der Waals surface area contributed by atoms with Gasteiger partial charge in [-0.25, -0.2) is 4.39 Å². The second-order valence-corrected chi connectivity index (χ2v) is 5.42. The maximum atomic E-state index is 14.3. The molecule has 0 bridgehead atoms. The summed E-state index contributed by atoms with van der Waals surface area (Å²) < 4.78 is 19.3. The third-order valence-electron chi connectivity index (χ3n) is 4.16. The molecule has 1 atom stereocenters. The predicted molar refractivity (Wildman–Crippen MR) is 77.3 cm³/mol. The van der Waals surface area contributed by atoms with Crippen molar-refractivity contribution in [1.29, 1.82) is 0 Å². The van der Waals surface area contributed by atoms with Crippen molar-refractivity contribution < 1.29 is 9.13 Å². The smallest absolute Gasteiger partial charge is 0.168 e. The highest BCUT2D eigenvalue weighted by molar-refractivity contribution is 5.41. The number of rotatable bonds is 3. The second kappa shape index (κ2) is 4.91. The van der Waals surface area contributed by atoms with Crippen molar-refractivity contribution in [2.45, 2.75) is 24.8 Å². The van der Waals surface area contributed by atoms with E-state index in [9.17, 15) is 4.39 Å². The summed E-state index contributed by atoms with van der Waals surface area (Å²) in [7, 11) is 1.48. The van der Waals surface area contributed by atoms with Crippen molar-refractivity contribution >= 4 is 0 Å². The zero-order valence-corrected chi connectivity index (χ0v) is 11.5. The highest BCUT2D eigenvalue weighted by Crippen LogP contribution is 2.38. The number of aryl methyl sites for hydroxylation is 1. The number of ether oxygens (including phenoxy) is 1. The highest BCUT2D eigenvalue weighted by atomic mass is 19.1. The average Bonchev–Trinajstić information content (AvgIpc) is 2.80. The first-order chi connectivity index (χ1) is 9.64. The Morgan fingerprint density at radius 2 is 2.00 bits per heavy atom. The maximum Gasteiger partial charge on any atom is 0.168 e. The van der Waals surface area contributed by atoms with Gasteiger partial charge in [0.1, 0.15) is 0 Å². The first-order valence-corrected chi connectivity index (χ1v) is 6.83. The van der Waals surface area contributed by atoms with Crippen LogP contribution in [0.1, 0.15) is 23.1 Å². The molecule has 1 aliphatic carbocycles. The number of benzene rings is 2. The molecule has 2 nitrogen and oxygen atoms in total. The minimum Gasteiger partial charge on any atom is -0.494 e. The standard InChI is InChI=1S/C17H18FNO/c1-20-15-8-4-6-13(16(15)18)11-17(19)10-9-12-5-2-3-7-14(12)17/h2-8H,9-11,19H2,1H3. The Balaban J connectivity index is 1.96. The molecule has 0 aliphatic heterocycles. The predicted octanol–water partition coefficient (Wildman–Crippen LogP) is 3.18. The van der Waals surface area contributed by atoms with Gasteiger partial charge in [-0.05, 0) is 42.0 Å². The van der Waals surface area contributed by atoms with Gasteiger partial charge in [0.05, 0.1) is 7.11 Å². The molecule has 0 radical (unpaired) electrons. The third-order valence-corrected chi connectivity index (χ3v) is 4.16. The number of methoxy groups -OCH3 is 1. The van der Waals surface area contributed by atoms with Crippen LogP contribution in [0.5, 0.6) is 5.75 Å². The van der Waals surface area contributed by atoms with Crippen LogP contribution < -0.4 is 10.5 Å². The summed E-state index contributed by atoms with van der Waals surface area (Å²) in [5.74, 6) is -0.0263. The Kier molecular flexibility index (Phi) is 3.22. The van der Waals surface area contributed by atoms with E-state index < -0.39 is 5.54 Å². The zero-order valence-electron chi connectivity index (χ0n) is 11.5. The lowest BCUT2D eigenvalue weighted by Crippen LogP contribution is -2.36. The molecular weight excluding hydrogens is 253 g/mol. The van der Waals surface area contributed by atoms with Crippen LogP contribution in [0, 0.1) is 5.82 Å². The molecule has 3 heteroatoms. The molecule has 3 rings (SSSR count). The molecule has 0 spiro atoms. The van der Waals surface area contributed by atoms with E-state index in [1.807, 2.05) is 18.2 Å². The van der Waals surface area contributed by atoms with E-state index in [1.54, 1.807) is 12.1 Å². The van der Waals surface area contributed by atoms with E-state index in [0.717, 1.165) is 18.4 Å². The fraction of sp³-hybridized carbons (Fsp3) is 0.294. The van der Waals surface area contributed by atoms with Gasteiger partial charge >= 0.3 is 0 Å². The van der Waals surface area contributed by atoms with Gasteiger partial charge in [-0.2, -0.15) is 0 Å². The summed E-state index contributed by atoms with van der Waals surface area (Å²) in [6, 6.07) is 13.4. The Labute approximate surface area is 118 Å². The van der Waals surface area contributed by atoms with Gasteiger partial charge in [0.15, 0.2) is 11.6 Å². The number of halogens is 1. The molecule has 2 aromatic carbocycles. The van der Waals surface area contributed by atoms with Crippen molar-refractivity contribution in [3.05, 3.63) is 65.0 Å². The van der Waals surface area contributed by atoms with Crippen LogP contribution in [0.3, 0.4) is 0 Å². The zero-order chi connectivity index (χ0) is 14.2. The first-order valence-electron chi connectivity index (χ1n) is 6.83. The number of fused-ring (bicyclic) bond motifs is 1. The topological polar surface area (TPSA) is 35.2 Å². The number of hydrogen-bond acceptors (Lipinski definition) is 2. The molecule has 0 amide bonds. The lowest BCUT2D eigenvalue weighted by Gasteiger charge is -2.26. The Bertz CT molecular complexity index is 641. The van der Waals surface area contributed by atoms with Gasteiger partial charge in [-0.15, -0.1) is 0 Å². The summed E-state index contributed by atoms with van der Waals surface area (Å²) in [5, 5.41) is 0. The lowest BCUT2D eigenvalue weighted by atomic mass is 9.86. The quantitative estimate of drug-likeness (QED) is 0.930. The van der Waals surface area contributed by atoms with Crippen LogP contribution in [0.2, 0.25) is 0 Å². The van der Waals surface area contributed by atoms with Crippen molar-refractivity contribution in [2.24, 2.45) is 5.73 Å². The molecule has 1 unspecified atom stereocenters. The first kappa shape index (κ1) is 13.1. The molecule has 0 saturated carbocycles. The minimum absolute atomic E-state index is 0.275. The van der Waals surface area contributed by atoms with Crippen LogP contribution >= 0.6 is 0 Å². The van der Waals surface area contributed by atoms with Gasteiger partial charge in [-0.3, -0.25) is 0 Å². The molecule has 0 saturated heterocycles. The average molecular weight is 271 g/mol. The van der Waals surface area contributed by atoms with E-state index >= 15 is 0 Å². The van der Waals surface area contributed by atoms with Crippen molar-refractivity contribution in [1.82, 2.24) is 0 Å². The number of nitrogens with two attached hydrogens (primary N) is 1. The Morgan fingerprint density at radius 3 is 2.80 bits per heavy atom. The summed E-state index contributed by atoms with van der Waals surface area (Å²) >= 11 is 0. The summed E-state index contributed by atoms with van der Waals surface area (Å²) in [6.07, 6.45) is 2.30. The van der Waals surface area contributed by atoms with Crippen LogP contribution in [-0.4, -0.2) is 7.11 Å². The fourth-order valence-electron chi connectivity index (χ4n) is 3.09. The molecular formula is C17H18FNO. The lowest BCUT2D eigenvalue weighted by molar-refractivity contribution is 0.376. The van der Waals surface area contributed by atoms with E-state index in [0.29, 0.717) is 12.0 Å². The molecule has 2 aromatic rings. The van der Waals surface area contributed by atoms with Crippen molar-refractivity contribution in [2.75, 3.05) is 7.11 Å². The van der Waals surface area contributed by atoms with Crippen LogP contribution in [0.25, 0.3) is 0 Å². The summed E-state index contributed by atoms with van der Waals surface area (Å²) in [6.45, 7) is 0. The van der Waals surface area contributed by atoms with E-state index in [2.05, 4.69) is 12.1 Å². The Hall–Kier alpha value is -1.87. The maximum absolute atomic E-state index is 14.3. The molecule has 0 fully saturated rings. The molecule has 104 valence electrons. The summed E-state index contributed by atoms with van der Waals surface area (Å²) in [5.41, 5.74) is 9.10. The number of hydrogen-bond donors (Lipinski definition) is 1. The molecule has 20 heavy (non-hydrogen) atoms. The monoisotopic (exact) mass is 271 g/mol. The second-order valence-electron chi connectivity index (χ2n) is 5.42. The molecule has 0 aromatic heterocycles. The van der Waals surface area contributed by atoms with Crippen molar-refractivity contribution in [3.8, 4) is 5.75 Å². The normalized spacial score (nSPS) is 20.8. The minimum atomic E-state index is -0.482. The van der Waals surface area contributed by atoms with Crippen LogP contribution in [-0.2, 0) is 18.4 Å². The van der Waals surface area contributed by atoms with E-state index in [-0.39, 0.29) is 11.6 Å². The van der Waals surface area contributed by atoms with Crippen LogP contribution in [0.4, 0.5) is 4.39 Å². The van der Waals surface area contributed by atoms with Gasteiger partial charge in [0, 0.05) is 5.54 Å². The SMILES string of the molecule is COc1cccc(CC2(N)CCc3ccccc32)c1F. The summed E-state index contributed by atoms with van der Waals surface area (Å²) in [4.78, 5) is 0. The molecule has 1 aliphatic rings. The van der Waals surface area contributed by atoms with Gasteiger partial charge in [0.2, 0.25) is 0 Å².